The molecule has 1 aliphatic rings. The first-order valence-corrected chi connectivity index (χ1v) is 10.0. The van der Waals surface area contributed by atoms with Crippen molar-refractivity contribution >= 4 is 11.8 Å². The topological polar surface area (TPSA) is 43.4 Å². The normalized spacial score (nSPS) is 13.4. The number of allylic oxidation sites excluding steroid dienone is 3. The van der Waals surface area contributed by atoms with E-state index in [2.05, 4.69) is 38.2 Å². The molecular weight excluding hydrogens is 411 g/mol. The number of carbonyl (C=O) groups is 2. The summed E-state index contributed by atoms with van der Waals surface area (Å²) in [5.41, 5.74) is 4.27. The van der Waals surface area contributed by atoms with E-state index in [1.54, 1.807) is 6.92 Å². The molecule has 0 radical (unpaired) electrons. The first-order valence-electron chi connectivity index (χ1n) is 10.0. The van der Waals surface area contributed by atoms with Crippen LogP contribution in [0.25, 0.3) is 0 Å². The fourth-order valence-electron chi connectivity index (χ4n) is 2.82. The van der Waals surface area contributed by atoms with E-state index in [-0.39, 0.29) is 57.2 Å². The van der Waals surface area contributed by atoms with Crippen molar-refractivity contribution < 1.29 is 65.7 Å². The van der Waals surface area contributed by atoms with Crippen LogP contribution in [0, 0.1) is 25.3 Å². The van der Waals surface area contributed by atoms with Crippen LogP contribution in [0.5, 0.6) is 0 Å². The van der Waals surface area contributed by atoms with Gasteiger partial charge in [-0.15, -0.1) is 6.42 Å². The molecule has 0 aromatic heterocycles. The predicted octanol–water partition coefficient (Wildman–Crippen LogP) is 3.34. The third kappa shape index (κ3) is 12.9. The molecule has 0 N–H and O–H groups in total. The smallest absolute Gasteiger partial charge is 0.489 e. The number of carbonyl (C=O) groups excluding carboxylic acids is 2. The van der Waals surface area contributed by atoms with Crippen molar-refractivity contribution in [1.82, 2.24) is 0 Å². The third-order valence-electron chi connectivity index (χ3n) is 4.25. The molecule has 0 unspecified atom stereocenters. The maximum absolute atomic E-state index is 12.0. The first kappa shape index (κ1) is 29.6. The number of esters is 1. The second kappa shape index (κ2) is 15.4. The third-order valence-corrected chi connectivity index (χ3v) is 4.25. The maximum atomic E-state index is 12.0. The summed E-state index contributed by atoms with van der Waals surface area (Å²) in [6.45, 7) is 15.5. The SMILES string of the molecule is C=C1C=[C-]CC(C)(C)C1.Cc1ccc(C(=O)c2ccccc2)cc1.[CH2-]C(=O)OCC.[K+]. The van der Waals surface area contributed by atoms with Gasteiger partial charge in [-0.3, -0.25) is 22.6 Å². The fraction of sp³-hybridized carbons (Fsp3) is 0.296. The summed E-state index contributed by atoms with van der Waals surface area (Å²) >= 11 is 0. The van der Waals surface area contributed by atoms with Gasteiger partial charge < -0.3 is 4.74 Å². The quantitative estimate of drug-likeness (QED) is 0.316. The molecule has 0 fully saturated rings. The number of rotatable bonds is 3. The van der Waals surface area contributed by atoms with E-state index >= 15 is 0 Å². The second-order valence-corrected chi connectivity index (χ2v) is 7.89. The molecule has 0 amide bonds. The van der Waals surface area contributed by atoms with E-state index in [4.69, 9.17) is 0 Å². The van der Waals surface area contributed by atoms with Crippen LogP contribution in [0.15, 0.2) is 72.8 Å². The van der Waals surface area contributed by atoms with Crippen molar-refractivity contribution in [2.45, 2.75) is 40.5 Å². The number of ketones is 1. The summed E-state index contributed by atoms with van der Waals surface area (Å²) in [6, 6.07) is 17.0. The van der Waals surface area contributed by atoms with Crippen LogP contribution >= 0.6 is 0 Å². The minimum Gasteiger partial charge on any atom is -0.489 e. The molecule has 0 heterocycles. The molecule has 3 rings (SSSR count). The average molecular weight is 444 g/mol. The van der Waals surface area contributed by atoms with Gasteiger partial charge in [-0.05, 0) is 13.8 Å². The van der Waals surface area contributed by atoms with Gasteiger partial charge in [0.1, 0.15) is 0 Å². The zero-order chi connectivity index (χ0) is 22.6. The van der Waals surface area contributed by atoms with Gasteiger partial charge in [0.25, 0.3) is 0 Å². The molecule has 0 spiro atoms. The Bertz CT molecular complexity index is 850. The Morgan fingerprint density at radius 2 is 1.61 bits per heavy atom. The standard InChI is InChI=1S/C14H12O.C9H13.C4H7O2.K/c1-11-7-9-13(10-8-11)14(15)12-5-3-2-4-6-12;1-8-5-4-6-9(2,3)7-8;1-3-6-4(2)5;/h2-10H,1H3;5H,1,6-7H2,2-3H3;2-3H2,1H3;/q;2*-1;+1. The molecule has 160 valence electrons. The van der Waals surface area contributed by atoms with Crippen molar-refractivity contribution in [3.63, 3.8) is 0 Å². The minimum absolute atomic E-state index is 0. The molecule has 0 atom stereocenters. The summed E-state index contributed by atoms with van der Waals surface area (Å²) in [7, 11) is 0. The van der Waals surface area contributed by atoms with E-state index in [1.807, 2.05) is 67.6 Å². The van der Waals surface area contributed by atoms with Gasteiger partial charge >= 0.3 is 51.4 Å². The van der Waals surface area contributed by atoms with Gasteiger partial charge in [0.2, 0.25) is 0 Å². The molecule has 4 heteroatoms. The van der Waals surface area contributed by atoms with Crippen LogP contribution in [-0.4, -0.2) is 18.4 Å². The Kier molecular flexibility index (Phi) is 14.7. The largest absolute Gasteiger partial charge is 1.00 e. The van der Waals surface area contributed by atoms with Gasteiger partial charge in [-0.1, -0.05) is 85.8 Å². The van der Waals surface area contributed by atoms with Crippen LogP contribution in [0.1, 0.15) is 55.1 Å². The number of hydrogen-bond acceptors (Lipinski definition) is 3. The van der Waals surface area contributed by atoms with Gasteiger partial charge in [0.05, 0.1) is 6.61 Å². The van der Waals surface area contributed by atoms with Crippen LogP contribution < -0.4 is 51.4 Å². The monoisotopic (exact) mass is 443 g/mol. The number of ether oxygens (including phenoxy) is 1. The van der Waals surface area contributed by atoms with Crippen molar-refractivity contribution in [2.24, 2.45) is 5.41 Å². The Balaban J connectivity index is 0.000000483. The van der Waals surface area contributed by atoms with Gasteiger partial charge in [0, 0.05) is 11.1 Å². The first-order chi connectivity index (χ1) is 14.1. The Labute approximate surface area is 230 Å². The van der Waals surface area contributed by atoms with Crippen molar-refractivity contribution in [3.05, 3.63) is 103 Å². The Morgan fingerprint density at radius 1 is 1.06 bits per heavy atom. The molecule has 0 aliphatic heterocycles. The number of benzene rings is 2. The predicted molar refractivity (Wildman–Crippen MR) is 123 cm³/mol. The number of aryl methyl sites for hydroxylation is 1. The minimum atomic E-state index is -0.461. The zero-order valence-corrected chi connectivity index (χ0v) is 22.7. The summed E-state index contributed by atoms with van der Waals surface area (Å²) < 4.78 is 4.29. The van der Waals surface area contributed by atoms with E-state index < -0.39 is 5.97 Å². The number of hydrogen-bond donors (Lipinski definition) is 0. The van der Waals surface area contributed by atoms with Crippen molar-refractivity contribution in [1.29, 1.82) is 0 Å². The molecule has 0 saturated heterocycles. The molecule has 2 aromatic rings. The second-order valence-electron chi connectivity index (χ2n) is 7.89. The Morgan fingerprint density at radius 3 is 2.00 bits per heavy atom. The zero-order valence-electron chi connectivity index (χ0n) is 19.5. The maximum Gasteiger partial charge on any atom is 1.00 e. The molecule has 31 heavy (non-hydrogen) atoms. The van der Waals surface area contributed by atoms with Crippen LogP contribution in [0.4, 0.5) is 0 Å². The summed E-state index contributed by atoms with van der Waals surface area (Å²) in [5, 5.41) is 0. The average Bonchev–Trinajstić information content (AvgIpc) is 2.68. The molecule has 3 nitrogen and oxygen atoms in total. The summed E-state index contributed by atoms with van der Waals surface area (Å²) in [6.07, 6.45) is 7.41. The van der Waals surface area contributed by atoms with E-state index in [0.717, 1.165) is 24.0 Å². The van der Waals surface area contributed by atoms with Gasteiger partial charge in [0.15, 0.2) is 11.8 Å². The van der Waals surface area contributed by atoms with E-state index in [1.165, 1.54) is 11.1 Å². The molecule has 2 aromatic carbocycles. The van der Waals surface area contributed by atoms with Crippen LogP contribution in [-0.2, 0) is 9.53 Å². The molecule has 1 aliphatic carbocycles. The molecular formula is C27H32KO3-. The van der Waals surface area contributed by atoms with Gasteiger partial charge in [-0.2, -0.15) is 6.58 Å². The van der Waals surface area contributed by atoms with Crippen LogP contribution in [0.3, 0.4) is 0 Å². The van der Waals surface area contributed by atoms with E-state index in [9.17, 15) is 9.59 Å². The fourth-order valence-corrected chi connectivity index (χ4v) is 2.82. The molecule has 0 saturated carbocycles. The van der Waals surface area contributed by atoms with Crippen molar-refractivity contribution in [3.8, 4) is 0 Å². The van der Waals surface area contributed by atoms with Crippen LogP contribution in [0.2, 0.25) is 0 Å². The summed E-state index contributed by atoms with van der Waals surface area (Å²) in [5.74, 6) is -0.381. The van der Waals surface area contributed by atoms with E-state index in [0.29, 0.717) is 12.0 Å². The van der Waals surface area contributed by atoms with Crippen molar-refractivity contribution in [2.75, 3.05) is 6.61 Å². The Hall–Kier alpha value is -1.43. The van der Waals surface area contributed by atoms with Gasteiger partial charge in [-0.25, -0.2) is 11.6 Å². The molecule has 0 bridgehead atoms. The summed E-state index contributed by atoms with van der Waals surface area (Å²) in [4.78, 5) is 21.7.